The number of ether oxygens (including phenoxy) is 1. The molecule has 2 aromatic rings. The summed E-state index contributed by atoms with van der Waals surface area (Å²) in [6, 6.07) is 16.6. The van der Waals surface area contributed by atoms with Gasteiger partial charge in [-0.25, -0.2) is 9.59 Å². The average Bonchev–Trinajstić information content (AvgIpc) is 3.01. The lowest BCUT2D eigenvalue weighted by atomic mass is 9.90. The third kappa shape index (κ3) is 2.97. The largest absolute Gasteiger partial charge is 0.485 e. The number of urea groups is 2. The molecule has 148 valence electrons. The van der Waals surface area contributed by atoms with Gasteiger partial charge < -0.3 is 20.3 Å². The van der Waals surface area contributed by atoms with E-state index in [2.05, 4.69) is 16.0 Å². The second-order valence-electron chi connectivity index (χ2n) is 7.64. The maximum atomic E-state index is 12.8. The topological polar surface area (TPSA) is 99.8 Å². The molecule has 5 amide bonds. The summed E-state index contributed by atoms with van der Waals surface area (Å²) in [5.41, 5.74) is 0.985. The highest BCUT2D eigenvalue weighted by Gasteiger charge is 2.56. The van der Waals surface area contributed by atoms with Gasteiger partial charge in [0.15, 0.2) is 5.54 Å². The monoisotopic (exact) mass is 392 g/mol. The molecular formula is C21H20N4O4. The van der Waals surface area contributed by atoms with Crippen molar-refractivity contribution in [2.75, 3.05) is 13.1 Å². The Morgan fingerprint density at radius 3 is 2.52 bits per heavy atom. The van der Waals surface area contributed by atoms with Gasteiger partial charge >= 0.3 is 12.1 Å². The van der Waals surface area contributed by atoms with Gasteiger partial charge in [-0.2, -0.15) is 0 Å². The van der Waals surface area contributed by atoms with Crippen molar-refractivity contribution in [3.8, 4) is 5.75 Å². The molecule has 8 heteroatoms. The number of likely N-dealkylation sites (tertiary alicyclic amines) is 1. The highest BCUT2D eigenvalue weighted by Crippen LogP contribution is 2.41. The van der Waals surface area contributed by atoms with Crippen molar-refractivity contribution in [1.29, 1.82) is 0 Å². The maximum absolute atomic E-state index is 12.8. The minimum atomic E-state index is -0.991. The molecule has 3 heterocycles. The minimum Gasteiger partial charge on any atom is -0.485 e. The van der Waals surface area contributed by atoms with Crippen LogP contribution in [-0.2, 0) is 4.79 Å². The van der Waals surface area contributed by atoms with Gasteiger partial charge in [-0.15, -0.1) is 0 Å². The number of nitrogens with one attached hydrogen (secondary N) is 3. The number of hydrogen-bond acceptors (Lipinski definition) is 4. The first-order chi connectivity index (χ1) is 14.0. The van der Waals surface area contributed by atoms with Crippen LogP contribution in [0.15, 0.2) is 54.6 Å². The minimum absolute atomic E-state index is 0.156. The lowest BCUT2D eigenvalue weighted by Crippen LogP contribution is -2.73. The van der Waals surface area contributed by atoms with Crippen molar-refractivity contribution >= 4 is 18.0 Å². The maximum Gasteiger partial charge on any atom is 0.322 e. The second-order valence-corrected chi connectivity index (χ2v) is 7.64. The molecule has 0 saturated carbocycles. The lowest BCUT2D eigenvalue weighted by Gasteiger charge is -2.45. The molecule has 8 nitrogen and oxygen atoms in total. The Balaban J connectivity index is 1.32. The summed E-state index contributed by atoms with van der Waals surface area (Å²) in [4.78, 5) is 37.7. The van der Waals surface area contributed by atoms with Gasteiger partial charge in [0.25, 0.3) is 5.91 Å². The number of rotatable bonds is 2. The number of carbonyl (C=O) groups is 3. The number of carbonyl (C=O) groups excluding carboxylic acids is 3. The first kappa shape index (κ1) is 17.5. The summed E-state index contributed by atoms with van der Waals surface area (Å²) in [7, 11) is 0. The number of amides is 5. The highest BCUT2D eigenvalue weighted by atomic mass is 16.5. The molecular weight excluding hydrogens is 372 g/mol. The molecule has 0 aliphatic carbocycles. The van der Waals surface area contributed by atoms with Crippen molar-refractivity contribution in [2.24, 2.45) is 0 Å². The molecule has 2 atom stereocenters. The number of imide groups is 1. The summed E-state index contributed by atoms with van der Waals surface area (Å²) in [5, 5.41) is 7.90. The fraction of sp³-hybridized carbons (Fsp3) is 0.286. The zero-order chi connectivity index (χ0) is 20.0. The Morgan fingerprint density at radius 1 is 1.07 bits per heavy atom. The van der Waals surface area contributed by atoms with Gasteiger partial charge in [0.05, 0.1) is 19.1 Å². The number of benzene rings is 2. The van der Waals surface area contributed by atoms with Crippen LogP contribution in [0.2, 0.25) is 0 Å². The number of nitrogens with zero attached hydrogens (tertiary/aromatic N) is 1. The third-order valence-electron chi connectivity index (χ3n) is 5.71. The Morgan fingerprint density at radius 2 is 1.79 bits per heavy atom. The fourth-order valence-corrected chi connectivity index (χ4v) is 4.17. The van der Waals surface area contributed by atoms with E-state index in [1.807, 2.05) is 54.6 Å². The number of hydrogen-bond donors (Lipinski definition) is 3. The lowest BCUT2D eigenvalue weighted by molar-refractivity contribution is -0.128. The zero-order valence-corrected chi connectivity index (χ0v) is 15.6. The van der Waals surface area contributed by atoms with E-state index in [4.69, 9.17) is 4.74 Å². The summed E-state index contributed by atoms with van der Waals surface area (Å²) in [6.45, 7) is 0.312. The van der Waals surface area contributed by atoms with Crippen LogP contribution >= 0.6 is 0 Å². The van der Waals surface area contributed by atoms with E-state index in [1.165, 1.54) is 4.90 Å². The van der Waals surface area contributed by atoms with E-state index < -0.39 is 11.6 Å². The second kappa shape index (κ2) is 6.51. The molecule has 0 unspecified atom stereocenters. The molecule has 2 fully saturated rings. The van der Waals surface area contributed by atoms with E-state index in [-0.39, 0.29) is 37.2 Å². The average molecular weight is 392 g/mol. The van der Waals surface area contributed by atoms with E-state index >= 15 is 0 Å². The third-order valence-corrected chi connectivity index (χ3v) is 5.71. The molecule has 0 bridgehead atoms. The summed E-state index contributed by atoms with van der Waals surface area (Å²) < 4.78 is 6.17. The highest BCUT2D eigenvalue weighted by molar-refractivity contribution is 6.08. The molecule has 5 rings (SSSR count). The van der Waals surface area contributed by atoms with Crippen LogP contribution in [0.1, 0.15) is 29.7 Å². The van der Waals surface area contributed by atoms with Crippen LogP contribution in [0.3, 0.4) is 0 Å². The van der Waals surface area contributed by atoms with Crippen molar-refractivity contribution in [2.45, 2.75) is 24.1 Å². The Bertz CT molecular complexity index is 987. The first-order valence-electron chi connectivity index (χ1n) is 9.54. The molecule has 3 aliphatic heterocycles. The number of para-hydroxylation sites is 1. The standard InChI is InChI=1S/C21H20N4O4/c26-18-21(24-19(27)23-18)11-25(12-21)20(28)22-15-10-17(13-6-2-1-3-7-13)29-16-9-5-4-8-14(15)16/h1-9,15,17H,10-12H2,(H,22,28)(H2,23,24,26,27)/t15-,17+/m1/s1. The van der Waals surface area contributed by atoms with Crippen molar-refractivity contribution in [3.63, 3.8) is 0 Å². The van der Waals surface area contributed by atoms with Crippen LogP contribution in [0.25, 0.3) is 0 Å². The van der Waals surface area contributed by atoms with Gasteiger partial charge in [-0.1, -0.05) is 48.5 Å². The van der Waals surface area contributed by atoms with Crippen molar-refractivity contribution in [1.82, 2.24) is 20.9 Å². The molecule has 2 saturated heterocycles. The van der Waals surface area contributed by atoms with Crippen LogP contribution in [0.5, 0.6) is 5.75 Å². The molecule has 3 aliphatic rings. The summed E-state index contributed by atoms with van der Waals surface area (Å²) >= 11 is 0. The Kier molecular flexibility index (Phi) is 3.94. The van der Waals surface area contributed by atoms with Gasteiger partial charge in [0.1, 0.15) is 11.9 Å². The predicted octanol–water partition coefficient (Wildman–Crippen LogP) is 1.85. The number of fused-ring (bicyclic) bond motifs is 1. The molecule has 0 aromatic heterocycles. The van der Waals surface area contributed by atoms with Crippen LogP contribution in [0, 0.1) is 0 Å². The van der Waals surface area contributed by atoms with Gasteiger partial charge in [0, 0.05) is 12.0 Å². The normalized spacial score (nSPS) is 24.1. The predicted molar refractivity (Wildman–Crippen MR) is 103 cm³/mol. The summed E-state index contributed by atoms with van der Waals surface area (Å²) in [5.74, 6) is 0.368. The molecule has 1 spiro atoms. The SMILES string of the molecule is O=C1NC(=O)C2(CN(C(=O)N[C@@H]3C[C@@H](c4ccccc4)Oc4ccccc43)C2)N1. The van der Waals surface area contributed by atoms with Crippen LogP contribution in [-0.4, -0.2) is 41.5 Å². The van der Waals surface area contributed by atoms with Crippen LogP contribution in [0.4, 0.5) is 9.59 Å². The molecule has 3 N–H and O–H groups in total. The molecule has 0 radical (unpaired) electrons. The van der Waals surface area contributed by atoms with Gasteiger partial charge in [-0.3, -0.25) is 10.1 Å². The molecule has 29 heavy (non-hydrogen) atoms. The zero-order valence-electron chi connectivity index (χ0n) is 15.6. The molecule has 2 aromatic carbocycles. The van der Waals surface area contributed by atoms with Crippen LogP contribution < -0.4 is 20.7 Å². The van der Waals surface area contributed by atoms with Crippen molar-refractivity contribution in [3.05, 3.63) is 65.7 Å². The van der Waals surface area contributed by atoms with E-state index in [9.17, 15) is 14.4 Å². The fourth-order valence-electron chi connectivity index (χ4n) is 4.17. The Labute approximate surface area is 167 Å². The summed E-state index contributed by atoms with van der Waals surface area (Å²) in [6.07, 6.45) is 0.433. The quantitative estimate of drug-likeness (QED) is 0.679. The van der Waals surface area contributed by atoms with Crippen molar-refractivity contribution < 1.29 is 19.1 Å². The first-order valence-corrected chi connectivity index (χ1v) is 9.54. The van der Waals surface area contributed by atoms with E-state index in [0.717, 1.165) is 16.9 Å². The Hall–Kier alpha value is -3.55. The van der Waals surface area contributed by atoms with Gasteiger partial charge in [0.2, 0.25) is 0 Å². The van der Waals surface area contributed by atoms with E-state index in [0.29, 0.717) is 6.42 Å². The van der Waals surface area contributed by atoms with Gasteiger partial charge in [-0.05, 0) is 11.6 Å². The smallest absolute Gasteiger partial charge is 0.322 e. The van der Waals surface area contributed by atoms with E-state index in [1.54, 1.807) is 0 Å².